The Kier molecular flexibility index (Phi) is 6.37. The molecule has 27 heavy (non-hydrogen) atoms. The number of methoxy groups -OCH3 is 1. The minimum Gasteiger partial charge on any atom is -0.495 e. The third kappa shape index (κ3) is 4.61. The zero-order valence-corrected chi connectivity index (χ0v) is 16.6. The van der Waals surface area contributed by atoms with Crippen LogP contribution in [0.3, 0.4) is 0 Å². The van der Waals surface area contributed by atoms with Gasteiger partial charge in [-0.3, -0.25) is 9.59 Å². The van der Waals surface area contributed by atoms with Crippen molar-refractivity contribution in [3.8, 4) is 5.75 Å². The Bertz CT molecular complexity index is 668. The van der Waals surface area contributed by atoms with E-state index in [-0.39, 0.29) is 24.2 Å². The van der Waals surface area contributed by atoms with Crippen LogP contribution in [0.25, 0.3) is 0 Å². The van der Waals surface area contributed by atoms with E-state index in [0.29, 0.717) is 24.3 Å². The van der Waals surface area contributed by atoms with Gasteiger partial charge in [-0.2, -0.15) is 0 Å². The molecular formula is C21H31N3O3. The molecule has 148 valence electrons. The Labute approximate surface area is 161 Å². The number of nitrogens with one attached hydrogen (secondary N) is 1. The molecule has 2 amide bonds. The van der Waals surface area contributed by atoms with Crippen LogP contribution in [-0.4, -0.2) is 57.1 Å². The van der Waals surface area contributed by atoms with Gasteiger partial charge in [-0.1, -0.05) is 12.1 Å². The van der Waals surface area contributed by atoms with E-state index in [1.165, 1.54) is 12.8 Å². The molecule has 1 unspecified atom stereocenters. The lowest BCUT2D eigenvalue weighted by atomic mass is 9.85. The van der Waals surface area contributed by atoms with Crippen LogP contribution in [0.2, 0.25) is 0 Å². The summed E-state index contributed by atoms with van der Waals surface area (Å²) in [6, 6.07) is 8.11. The fraction of sp³-hybridized carbons (Fsp3) is 0.619. The van der Waals surface area contributed by atoms with E-state index < -0.39 is 0 Å². The molecule has 6 heteroatoms. The van der Waals surface area contributed by atoms with Crippen molar-refractivity contribution in [3.63, 3.8) is 0 Å². The highest BCUT2D eigenvalue weighted by molar-refractivity contribution is 6.01. The third-order valence-electron chi connectivity index (χ3n) is 5.98. The number of ether oxygens (including phenoxy) is 1. The van der Waals surface area contributed by atoms with Gasteiger partial charge in [-0.25, -0.2) is 0 Å². The van der Waals surface area contributed by atoms with Crippen LogP contribution in [-0.2, 0) is 9.59 Å². The van der Waals surface area contributed by atoms with Crippen molar-refractivity contribution in [2.45, 2.75) is 38.1 Å². The zero-order valence-electron chi connectivity index (χ0n) is 16.6. The fourth-order valence-electron chi connectivity index (χ4n) is 4.22. The monoisotopic (exact) mass is 373 g/mol. The van der Waals surface area contributed by atoms with Gasteiger partial charge in [0.25, 0.3) is 0 Å². The number of amides is 2. The van der Waals surface area contributed by atoms with Crippen molar-refractivity contribution < 1.29 is 14.3 Å². The molecule has 2 fully saturated rings. The molecule has 3 rings (SSSR count). The number of nitrogens with zero attached hydrogens (tertiary/aromatic N) is 2. The molecule has 1 saturated heterocycles. The number of anilines is 1. The van der Waals surface area contributed by atoms with Crippen LogP contribution in [0.4, 0.5) is 5.69 Å². The van der Waals surface area contributed by atoms with Crippen LogP contribution < -0.4 is 15.0 Å². The summed E-state index contributed by atoms with van der Waals surface area (Å²) in [4.78, 5) is 29.0. The highest BCUT2D eigenvalue weighted by Gasteiger charge is 2.36. The van der Waals surface area contributed by atoms with E-state index >= 15 is 0 Å². The molecule has 2 aliphatic rings. The number of carbonyl (C=O) groups excluding carboxylic acids is 2. The molecule has 0 bridgehead atoms. The van der Waals surface area contributed by atoms with Crippen molar-refractivity contribution in [2.75, 3.05) is 39.2 Å². The third-order valence-corrected chi connectivity index (χ3v) is 5.98. The standard InChI is InChI=1S/C21H31N3O3/c1-23(2)17-10-8-15(9-11-17)13-22-21(26)16-12-20(25)24(14-16)18-6-4-5-7-19(18)27-3/h4-7,15-17H,8-14H2,1-3H3,(H,22,26). The predicted octanol–water partition coefficient (Wildman–Crippen LogP) is 2.28. The Morgan fingerprint density at radius 3 is 2.59 bits per heavy atom. The fourth-order valence-corrected chi connectivity index (χ4v) is 4.22. The summed E-state index contributed by atoms with van der Waals surface area (Å²) in [7, 11) is 5.86. The van der Waals surface area contributed by atoms with Crippen LogP contribution in [0.1, 0.15) is 32.1 Å². The first-order valence-electron chi connectivity index (χ1n) is 9.87. The molecule has 1 N–H and O–H groups in total. The van der Waals surface area contributed by atoms with Gasteiger partial charge in [-0.15, -0.1) is 0 Å². The number of benzene rings is 1. The van der Waals surface area contributed by atoms with Crippen LogP contribution in [0, 0.1) is 11.8 Å². The lowest BCUT2D eigenvalue weighted by molar-refractivity contribution is -0.126. The van der Waals surface area contributed by atoms with E-state index in [9.17, 15) is 9.59 Å². The lowest BCUT2D eigenvalue weighted by Gasteiger charge is -2.32. The van der Waals surface area contributed by atoms with Crippen LogP contribution in [0.15, 0.2) is 24.3 Å². The zero-order chi connectivity index (χ0) is 19.4. The van der Waals surface area contributed by atoms with Gasteiger partial charge in [-0.05, 0) is 57.8 Å². The van der Waals surface area contributed by atoms with E-state index in [1.807, 2.05) is 24.3 Å². The molecule has 1 aromatic carbocycles. The maximum Gasteiger partial charge on any atom is 0.227 e. The highest BCUT2D eigenvalue weighted by Crippen LogP contribution is 2.33. The summed E-state index contributed by atoms with van der Waals surface area (Å²) >= 11 is 0. The number of hydrogen-bond acceptors (Lipinski definition) is 4. The van der Waals surface area contributed by atoms with Crippen LogP contribution >= 0.6 is 0 Å². The minimum atomic E-state index is -0.291. The molecule has 1 heterocycles. The number of carbonyl (C=O) groups is 2. The summed E-state index contributed by atoms with van der Waals surface area (Å²) in [6.07, 6.45) is 4.95. The minimum absolute atomic E-state index is 0.00418. The molecule has 1 saturated carbocycles. The molecule has 1 aliphatic heterocycles. The van der Waals surface area contributed by atoms with Crippen molar-refractivity contribution in [2.24, 2.45) is 11.8 Å². The molecule has 0 radical (unpaired) electrons. The number of rotatable bonds is 6. The van der Waals surface area contributed by atoms with Gasteiger partial charge in [0.2, 0.25) is 11.8 Å². The SMILES string of the molecule is COc1ccccc1N1CC(C(=O)NCC2CCC(N(C)C)CC2)CC1=O. The summed E-state index contributed by atoms with van der Waals surface area (Å²) in [6.45, 7) is 1.14. The number of para-hydroxylation sites is 2. The summed E-state index contributed by atoms with van der Waals surface area (Å²) in [5, 5.41) is 3.10. The number of hydrogen-bond donors (Lipinski definition) is 1. The average molecular weight is 373 g/mol. The lowest BCUT2D eigenvalue weighted by Crippen LogP contribution is -2.39. The topological polar surface area (TPSA) is 61.9 Å². The van der Waals surface area contributed by atoms with Gasteiger partial charge in [0, 0.05) is 25.6 Å². The van der Waals surface area contributed by atoms with Gasteiger partial charge in [0.1, 0.15) is 5.75 Å². The quantitative estimate of drug-likeness (QED) is 0.831. The van der Waals surface area contributed by atoms with Crippen LogP contribution in [0.5, 0.6) is 5.75 Å². The molecule has 1 aliphatic carbocycles. The first-order valence-corrected chi connectivity index (χ1v) is 9.87. The first-order chi connectivity index (χ1) is 13.0. The largest absolute Gasteiger partial charge is 0.495 e. The maximum absolute atomic E-state index is 12.6. The Hall–Kier alpha value is -2.08. The molecular weight excluding hydrogens is 342 g/mol. The Balaban J connectivity index is 1.51. The second-order valence-corrected chi connectivity index (χ2v) is 7.96. The van der Waals surface area contributed by atoms with Crippen molar-refractivity contribution in [3.05, 3.63) is 24.3 Å². The van der Waals surface area contributed by atoms with Crippen molar-refractivity contribution in [1.29, 1.82) is 0 Å². The molecule has 1 aromatic rings. The van der Waals surface area contributed by atoms with Gasteiger partial charge < -0.3 is 19.9 Å². The van der Waals surface area contributed by atoms with E-state index in [2.05, 4.69) is 24.3 Å². The highest BCUT2D eigenvalue weighted by atomic mass is 16.5. The average Bonchev–Trinajstić information content (AvgIpc) is 3.08. The summed E-state index contributed by atoms with van der Waals surface area (Å²) < 4.78 is 5.36. The molecule has 6 nitrogen and oxygen atoms in total. The van der Waals surface area contributed by atoms with Crippen molar-refractivity contribution in [1.82, 2.24) is 10.2 Å². The smallest absolute Gasteiger partial charge is 0.227 e. The van der Waals surface area contributed by atoms with E-state index in [4.69, 9.17) is 4.74 Å². The predicted molar refractivity (Wildman–Crippen MR) is 106 cm³/mol. The Morgan fingerprint density at radius 1 is 1.22 bits per heavy atom. The normalized spacial score (nSPS) is 25.7. The second-order valence-electron chi connectivity index (χ2n) is 7.96. The molecule has 1 atom stereocenters. The van der Waals surface area contributed by atoms with Gasteiger partial charge >= 0.3 is 0 Å². The first kappa shape index (κ1) is 19.7. The Morgan fingerprint density at radius 2 is 1.93 bits per heavy atom. The molecule has 0 aromatic heterocycles. The van der Waals surface area contributed by atoms with E-state index in [0.717, 1.165) is 25.1 Å². The van der Waals surface area contributed by atoms with Gasteiger partial charge in [0.05, 0.1) is 18.7 Å². The summed E-state index contributed by atoms with van der Waals surface area (Å²) in [5.41, 5.74) is 0.738. The maximum atomic E-state index is 12.6. The van der Waals surface area contributed by atoms with Crippen molar-refractivity contribution >= 4 is 17.5 Å². The van der Waals surface area contributed by atoms with Gasteiger partial charge in [0.15, 0.2) is 0 Å². The second kappa shape index (κ2) is 8.74. The summed E-state index contributed by atoms with van der Waals surface area (Å²) in [5.74, 6) is 0.888. The molecule has 0 spiro atoms. The van der Waals surface area contributed by atoms with E-state index in [1.54, 1.807) is 12.0 Å².